The topological polar surface area (TPSA) is 134 Å². The monoisotopic (exact) mass is 582 g/mol. The van der Waals surface area contributed by atoms with Crippen LogP contribution in [-0.2, 0) is 22.4 Å². The first-order valence-corrected chi connectivity index (χ1v) is 13.2. The highest BCUT2D eigenvalue weighted by Crippen LogP contribution is 2.41. The molecule has 0 amide bonds. The molecule has 0 fully saturated rings. The zero-order valence-corrected chi connectivity index (χ0v) is 25.2. The van der Waals surface area contributed by atoms with E-state index in [0.717, 1.165) is 11.6 Å². The Kier molecular flexibility index (Phi) is 10.3. The third kappa shape index (κ3) is 7.25. The second-order valence-electron chi connectivity index (χ2n) is 10.4. The van der Waals surface area contributed by atoms with Gasteiger partial charge in [-0.05, 0) is 46.3 Å². The lowest BCUT2D eigenvalue weighted by atomic mass is 9.93. The lowest BCUT2D eigenvalue weighted by Crippen LogP contribution is -2.41. The van der Waals surface area contributed by atoms with Gasteiger partial charge in [0.15, 0.2) is 0 Å². The summed E-state index contributed by atoms with van der Waals surface area (Å²) in [5.41, 5.74) is 0.822. The van der Waals surface area contributed by atoms with E-state index in [1.807, 2.05) is 19.9 Å². The Morgan fingerprint density at radius 2 is 1.62 bits per heavy atom. The Morgan fingerprint density at radius 3 is 2.19 bits per heavy atom. The molecule has 3 aromatic rings. The van der Waals surface area contributed by atoms with Gasteiger partial charge >= 0.3 is 11.6 Å². The molecule has 3 rings (SSSR count). The number of carbonyl (C=O) groups excluding carboxylic acids is 1. The van der Waals surface area contributed by atoms with Gasteiger partial charge in [0.25, 0.3) is 0 Å². The van der Waals surface area contributed by atoms with Crippen LogP contribution in [0.15, 0.2) is 51.2 Å². The molecule has 0 radical (unpaired) electrons. The first-order valence-electron chi connectivity index (χ1n) is 13.2. The molecule has 1 atom stereocenters. The fourth-order valence-corrected chi connectivity index (χ4v) is 4.52. The minimum absolute atomic E-state index is 0.00838. The normalized spacial score (nSPS) is 12.2. The van der Waals surface area contributed by atoms with Gasteiger partial charge in [-0.25, -0.2) is 9.59 Å². The van der Waals surface area contributed by atoms with Gasteiger partial charge in [0.05, 0.1) is 45.0 Å². The van der Waals surface area contributed by atoms with Gasteiger partial charge in [0.2, 0.25) is 0 Å². The number of hydrogen-bond donors (Lipinski definition) is 2. The van der Waals surface area contributed by atoms with Gasteiger partial charge in [-0.1, -0.05) is 11.6 Å². The largest absolute Gasteiger partial charge is 0.507 e. The van der Waals surface area contributed by atoms with Crippen molar-refractivity contribution in [2.75, 3.05) is 28.4 Å². The van der Waals surface area contributed by atoms with E-state index in [0.29, 0.717) is 45.9 Å². The number of ether oxygens (including phenoxy) is 5. The van der Waals surface area contributed by atoms with E-state index < -0.39 is 23.3 Å². The summed E-state index contributed by atoms with van der Waals surface area (Å²) in [6.07, 6.45) is 3.98. The molecule has 0 saturated carbocycles. The molecular weight excluding hydrogens is 544 g/mol. The van der Waals surface area contributed by atoms with Crippen molar-refractivity contribution >= 4 is 23.0 Å². The van der Waals surface area contributed by atoms with Crippen molar-refractivity contribution < 1.29 is 43.1 Å². The molecule has 0 aliphatic carbocycles. The summed E-state index contributed by atoms with van der Waals surface area (Å²) in [5.74, 6) is 0.558. The minimum Gasteiger partial charge on any atom is -0.507 e. The molecule has 0 aliphatic rings. The fraction of sp³-hybridized carbons (Fsp3) is 0.375. The quantitative estimate of drug-likeness (QED) is 0.130. The molecule has 2 N–H and O–H groups in total. The summed E-state index contributed by atoms with van der Waals surface area (Å²) in [5, 5.41) is 22.2. The Morgan fingerprint density at radius 1 is 0.976 bits per heavy atom. The number of aromatic hydroxyl groups is 1. The maximum Gasteiger partial charge on any atom is 0.336 e. The molecule has 2 aromatic carbocycles. The highest BCUT2D eigenvalue weighted by Gasteiger charge is 2.33. The summed E-state index contributed by atoms with van der Waals surface area (Å²) in [6, 6.07) is 5.84. The second kappa shape index (κ2) is 13.5. The number of hydrogen-bond acceptors (Lipinski definition) is 10. The van der Waals surface area contributed by atoms with Gasteiger partial charge in [-0.2, -0.15) is 0 Å². The van der Waals surface area contributed by atoms with E-state index in [1.165, 1.54) is 60.5 Å². The predicted molar refractivity (Wildman–Crippen MR) is 159 cm³/mol. The average Bonchev–Trinajstić information content (AvgIpc) is 2.93. The molecule has 42 heavy (non-hydrogen) atoms. The third-order valence-electron chi connectivity index (χ3n) is 6.68. The zero-order chi connectivity index (χ0) is 31.2. The number of fused-ring (bicyclic) bond motifs is 1. The van der Waals surface area contributed by atoms with Crippen LogP contribution in [0.5, 0.6) is 28.7 Å². The fourth-order valence-electron chi connectivity index (χ4n) is 4.52. The van der Waals surface area contributed by atoms with Crippen LogP contribution < -0.4 is 24.6 Å². The highest BCUT2D eigenvalue weighted by molar-refractivity contribution is 5.89. The molecule has 10 heteroatoms. The van der Waals surface area contributed by atoms with Crippen molar-refractivity contribution in [2.24, 2.45) is 0 Å². The molecule has 10 nitrogen and oxygen atoms in total. The van der Waals surface area contributed by atoms with Gasteiger partial charge in [0, 0.05) is 41.8 Å². The number of rotatable bonds is 12. The van der Waals surface area contributed by atoms with Crippen molar-refractivity contribution in [1.82, 2.24) is 0 Å². The van der Waals surface area contributed by atoms with Crippen LogP contribution in [0.25, 0.3) is 17.0 Å². The van der Waals surface area contributed by atoms with Crippen LogP contribution >= 0.6 is 0 Å². The molecule has 0 saturated heterocycles. The number of phenols is 1. The van der Waals surface area contributed by atoms with Crippen LogP contribution in [0.4, 0.5) is 0 Å². The van der Waals surface area contributed by atoms with Gasteiger partial charge in [-0.3, -0.25) is 0 Å². The van der Waals surface area contributed by atoms with Crippen molar-refractivity contribution in [3.63, 3.8) is 0 Å². The Balaban J connectivity index is 1.98. The van der Waals surface area contributed by atoms with Crippen LogP contribution in [0.3, 0.4) is 0 Å². The Labute approximate surface area is 244 Å². The number of methoxy groups -OCH3 is 4. The number of allylic oxidation sites excluding steroid dienone is 2. The summed E-state index contributed by atoms with van der Waals surface area (Å²) >= 11 is 0. The van der Waals surface area contributed by atoms with Gasteiger partial charge < -0.3 is 38.3 Å². The maximum atomic E-state index is 13.1. The average molecular weight is 583 g/mol. The van der Waals surface area contributed by atoms with E-state index >= 15 is 0 Å². The standard InChI is InChI=1S/C32H38O10/c1-18(2)9-10-20-24(37-5)16-23(33)19(30(20)39-7)11-13-29(35)42-27(32(3,4)36)15-22-25(38-6)17-26-21(31(22)40-8)12-14-28(34)41-26/h9,11-14,16-17,27,33,36H,10,15H2,1-8H3. The number of carbonyl (C=O) groups is 1. The van der Waals surface area contributed by atoms with Gasteiger partial charge in [-0.15, -0.1) is 0 Å². The number of aliphatic hydroxyl groups is 1. The first kappa shape index (κ1) is 32.1. The molecule has 1 heterocycles. The van der Waals surface area contributed by atoms with Gasteiger partial charge in [0.1, 0.15) is 40.4 Å². The van der Waals surface area contributed by atoms with Crippen molar-refractivity contribution in [3.05, 3.63) is 69.1 Å². The summed E-state index contributed by atoms with van der Waals surface area (Å²) < 4.78 is 33.2. The maximum absolute atomic E-state index is 13.1. The SMILES string of the molecule is COc1cc(O)c(C=CC(=O)OC(Cc2c(OC)cc3oc(=O)ccc3c2OC)C(C)(C)O)c(OC)c1CC=C(C)C. The molecule has 0 spiro atoms. The van der Waals surface area contributed by atoms with Crippen molar-refractivity contribution in [1.29, 1.82) is 0 Å². The smallest absolute Gasteiger partial charge is 0.336 e. The third-order valence-corrected chi connectivity index (χ3v) is 6.68. The van der Waals surface area contributed by atoms with Crippen molar-refractivity contribution in [3.8, 4) is 28.7 Å². The molecule has 0 aliphatic heterocycles. The van der Waals surface area contributed by atoms with Crippen LogP contribution in [0.2, 0.25) is 0 Å². The predicted octanol–water partition coefficient (Wildman–Crippen LogP) is 4.98. The van der Waals surface area contributed by atoms with Crippen LogP contribution in [0, 0.1) is 0 Å². The van der Waals surface area contributed by atoms with Crippen LogP contribution in [-0.4, -0.2) is 56.3 Å². The van der Waals surface area contributed by atoms with E-state index in [2.05, 4.69) is 0 Å². The van der Waals surface area contributed by atoms with Crippen molar-refractivity contribution in [2.45, 2.75) is 52.2 Å². The lowest BCUT2D eigenvalue weighted by Gasteiger charge is -2.30. The zero-order valence-electron chi connectivity index (χ0n) is 25.2. The molecule has 0 bridgehead atoms. The van der Waals surface area contributed by atoms with Crippen LogP contribution in [0.1, 0.15) is 44.4 Å². The molecule has 1 aromatic heterocycles. The van der Waals surface area contributed by atoms with E-state index in [4.69, 9.17) is 28.1 Å². The molecule has 226 valence electrons. The number of benzene rings is 2. The minimum atomic E-state index is -1.48. The lowest BCUT2D eigenvalue weighted by molar-refractivity contribution is -0.155. The summed E-state index contributed by atoms with van der Waals surface area (Å²) in [4.78, 5) is 24.8. The Bertz CT molecular complexity index is 1550. The van der Waals surface area contributed by atoms with E-state index in [9.17, 15) is 19.8 Å². The summed E-state index contributed by atoms with van der Waals surface area (Å²) in [6.45, 7) is 6.97. The number of esters is 1. The first-order chi connectivity index (χ1) is 19.8. The second-order valence-corrected chi connectivity index (χ2v) is 10.4. The van der Waals surface area contributed by atoms with E-state index in [1.54, 1.807) is 12.1 Å². The molecule has 1 unspecified atom stereocenters. The summed E-state index contributed by atoms with van der Waals surface area (Å²) in [7, 11) is 5.87. The number of phenolic OH excluding ortho intramolecular Hbond substituents is 1. The molecular formula is C32H38O10. The Hall–Kier alpha value is -4.44. The van der Waals surface area contributed by atoms with E-state index in [-0.39, 0.29) is 23.3 Å². The highest BCUT2D eigenvalue weighted by atomic mass is 16.6.